The highest BCUT2D eigenvalue weighted by molar-refractivity contribution is 5.78. The molecule has 3 saturated heterocycles. The molecule has 3 fully saturated rings. The van der Waals surface area contributed by atoms with Gasteiger partial charge in [0.1, 0.15) is 0 Å². The Morgan fingerprint density at radius 3 is 2.47 bits per heavy atom. The summed E-state index contributed by atoms with van der Waals surface area (Å²) in [5.74, 6) is 0.885. The van der Waals surface area contributed by atoms with E-state index in [0.717, 1.165) is 58.2 Å². The lowest BCUT2D eigenvalue weighted by atomic mass is 9.88. The normalized spacial score (nSPS) is 25.1. The molecule has 0 aliphatic carbocycles. The number of amides is 1. The van der Waals surface area contributed by atoms with Gasteiger partial charge in [-0.25, -0.2) is 0 Å². The van der Waals surface area contributed by atoms with Crippen molar-refractivity contribution in [2.45, 2.75) is 76.5 Å². The minimum Gasteiger partial charge on any atom is -0.381 e. The number of carbonyl (C=O) groups is 1. The first-order valence-corrected chi connectivity index (χ1v) is 11.9. The molecule has 1 amide bonds. The monoisotopic (exact) mass is 414 g/mol. The summed E-state index contributed by atoms with van der Waals surface area (Å²) in [5.41, 5.74) is 2.84. The Labute approximate surface area is 181 Å². The maximum absolute atomic E-state index is 12.4. The van der Waals surface area contributed by atoms with Crippen LogP contribution in [0.2, 0.25) is 0 Å². The number of likely N-dealkylation sites (tertiary alicyclic amines) is 1. The number of nitrogens with one attached hydrogen (secondary N) is 1. The third kappa shape index (κ3) is 5.43. The lowest BCUT2D eigenvalue weighted by Gasteiger charge is -2.39. The molecule has 1 aromatic rings. The molecule has 0 unspecified atom stereocenters. The molecule has 5 heteroatoms. The van der Waals surface area contributed by atoms with Crippen molar-refractivity contribution in [2.75, 3.05) is 32.8 Å². The molecule has 5 nitrogen and oxygen atoms in total. The molecule has 4 rings (SSSR count). The fourth-order valence-corrected chi connectivity index (χ4v) is 5.11. The van der Waals surface area contributed by atoms with E-state index in [-0.39, 0.29) is 23.5 Å². The van der Waals surface area contributed by atoms with Gasteiger partial charge in [0.05, 0.1) is 11.7 Å². The fourth-order valence-electron chi connectivity index (χ4n) is 5.11. The van der Waals surface area contributed by atoms with Gasteiger partial charge in [-0.3, -0.25) is 9.69 Å². The molecule has 166 valence electrons. The van der Waals surface area contributed by atoms with E-state index in [0.29, 0.717) is 25.7 Å². The smallest absolute Gasteiger partial charge is 0.223 e. The van der Waals surface area contributed by atoms with Crippen LogP contribution in [0.25, 0.3) is 0 Å². The molecule has 0 radical (unpaired) electrons. The van der Waals surface area contributed by atoms with Crippen LogP contribution >= 0.6 is 0 Å². The Balaban J connectivity index is 1.19. The van der Waals surface area contributed by atoms with E-state index in [1.165, 1.54) is 11.1 Å². The van der Waals surface area contributed by atoms with Gasteiger partial charge in [0, 0.05) is 45.3 Å². The van der Waals surface area contributed by atoms with E-state index in [2.05, 4.69) is 48.3 Å². The van der Waals surface area contributed by atoms with E-state index in [9.17, 15) is 4.79 Å². The molecule has 0 saturated carbocycles. The van der Waals surface area contributed by atoms with Crippen molar-refractivity contribution in [2.24, 2.45) is 5.92 Å². The fraction of sp³-hybridized carbons (Fsp3) is 0.720. The van der Waals surface area contributed by atoms with E-state index >= 15 is 0 Å². The van der Waals surface area contributed by atoms with Gasteiger partial charge in [-0.05, 0) is 55.6 Å². The minimum atomic E-state index is 0.0338. The number of piperidine rings is 1. The SMILES string of the molecule is CC(C)c1ccc(CN2CCC3(CC[C@H](CNC(=O)C4CCOCC4)O3)CC2)cc1. The first-order chi connectivity index (χ1) is 14.5. The van der Waals surface area contributed by atoms with Crippen molar-refractivity contribution in [1.82, 2.24) is 10.2 Å². The van der Waals surface area contributed by atoms with Crippen LogP contribution in [0, 0.1) is 5.92 Å². The van der Waals surface area contributed by atoms with E-state index < -0.39 is 0 Å². The third-order valence-electron chi connectivity index (χ3n) is 7.25. The zero-order valence-corrected chi connectivity index (χ0v) is 18.7. The lowest BCUT2D eigenvalue weighted by molar-refractivity contribution is -0.129. The van der Waals surface area contributed by atoms with Crippen LogP contribution in [-0.2, 0) is 20.8 Å². The van der Waals surface area contributed by atoms with E-state index in [1.54, 1.807) is 0 Å². The Morgan fingerprint density at radius 1 is 1.10 bits per heavy atom. The molecule has 1 N–H and O–H groups in total. The number of rotatable bonds is 6. The summed E-state index contributed by atoms with van der Waals surface area (Å²) in [6.45, 7) is 9.76. The third-order valence-corrected chi connectivity index (χ3v) is 7.25. The number of hydrogen-bond acceptors (Lipinski definition) is 4. The number of nitrogens with zero attached hydrogens (tertiary/aromatic N) is 1. The Hall–Kier alpha value is -1.43. The first-order valence-electron chi connectivity index (χ1n) is 11.9. The molecule has 3 heterocycles. The molecule has 30 heavy (non-hydrogen) atoms. The molecule has 3 aliphatic rings. The first kappa shape index (κ1) is 21.8. The second-order valence-electron chi connectivity index (χ2n) is 9.77. The van der Waals surface area contributed by atoms with Crippen molar-refractivity contribution in [1.29, 1.82) is 0 Å². The Bertz CT molecular complexity index is 689. The molecule has 3 aliphatic heterocycles. The zero-order chi connectivity index (χ0) is 21.0. The van der Waals surface area contributed by atoms with Crippen LogP contribution in [0.15, 0.2) is 24.3 Å². The summed E-state index contributed by atoms with van der Waals surface area (Å²) in [6, 6.07) is 9.10. The maximum Gasteiger partial charge on any atom is 0.223 e. The van der Waals surface area contributed by atoms with Gasteiger partial charge in [-0.1, -0.05) is 38.1 Å². The largest absolute Gasteiger partial charge is 0.381 e. The molecule has 1 atom stereocenters. The van der Waals surface area contributed by atoms with Crippen LogP contribution in [0.4, 0.5) is 0 Å². The van der Waals surface area contributed by atoms with Gasteiger partial charge in [0.2, 0.25) is 5.91 Å². The average Bonchev–Trinajstić information content (AvgIpc) is 3.17. The standard InChI is InChI=1S/C25H38N2O3/c1-19(2)21-5-3-20(4-6-21)18-27-13-11-25(12-14-27)10-7-23(30-25)17-26-24(28)22-8-15-29-16-9-22/h3-6,19,22-23H,7-18H2,1-2H3,(H,26,28)/t23-/m1/s1. The Morgan fingerprint density at radius 2 is 1.80 bits per heavy atom. The minimum absolute atomic E-state index is 0.0338. The van der Waals surface area contributed by atoms with Crippen LogP contribution in [0.5, 0.6) is 0 Å². The van der Waals surface area contributed by atoms with E-state index in [1.807, 2.05) is 0 Å². The number of benzene rings is 1. The van der Waals surface area contributed by atoms with Gasteiger partial charge >= 0.3 is 0 Å². The van der Waals surface area contributed by atoms with Crippen LogP contribution in [-0.4, -0.2) is 55.4 Å². The van der Waals surface area contributed by atoms with Gasteiger partial charge in [0.15, 0.2) is 0 Å². The van der Waals surface area contributed by atoms with E-state index in [4.69, 9.17) is 9.47 Å². The van der Waals surface area contributed by atoms with Gasteiger partial charge in [-0.15, -0.1) is 0 Å². The Kier molecular flexibility index (Phi) is 7.12. The molecular formula is C25H38N2O3. The van der Waals surface area contributed by atoms with Crippen molar-refractivity contribution in [3.8, 4) is 0 Å². The number of ether oxygens (including phenoxy) is 2. The highest BCUT2D eigenvalue weighted by Crippen LogP contribution is 2.39. The predicted octanol–water partition coefficient (Wildman–Crippen LogP) is 3.87. The van der Waals surface area contributed by atoms with Crippen LogP contribution < -0.4 is 5.32 Å². The van der Waals surface area contributed by atoms with Crippen LogP contribution in [0.3, 0.4) is 0 Å². The number of carbonyl (C=O) groups excluding carboxylic acids is 1. The summed E-state index contributed by atoms with van der Waals surface area (Å²) in [6.07, 6.45) is 6.24. The van der Waals surface area contributed by atoms with Crippen molar-refractivity contribution >= 4 is 5.91 Å². The predicted molar refractivity (Wildman–Crippen MR) is 118 cm³/mol. The van der Waals surface area contributed by atoms with Crippen molar-refractivity contribution in [3.63, 3.8) is 0 Å². The highest BCUT2D eigenvalue weighted by Gasteiger charge is 2.42. The molecular weight excluding hydrogens is 376 g/mol. The summed E-state index contributed by atoms with van der Waals surface area (Å²) in [5, 5.41) is 3.14. The van der Waals surface area contributed by atoms with Gasteiger partial charge in [-0.2, -0.15) is 0 Å². The maximum atomic E-state index is 12.4. The van der Waals surface area contributed by atoms with Gasteiger partial charge in [0.25, 0.3) is 0 Å². The zero-order valence-electron chi connectivity index (χ0n) is 18.7. The van der Waals surface area contributed by atoms with Crippen LogP contribution in [0.1, 0.15) is 69.4 Å². The average molecular weight is 415 g/mol. The summed E-state index contributed by atoms with van der Waals surface area (Å²) in [4.78, 5) is 14.9. The molecule has 0 bridgehead atoms. The summed E-state index contributed by atoms with van der Waals surface area (Å²) >= 11 is 0. The van der Waals surface area contributed by atoms with Crippen molar-refractivity contribution < 1.29 is 14.3 Å². The summed E-state index contributed by atoms with van der Waals surface area (Å²) in [7, 11) is 0. The second kappa shape index (κ2) is 9.80. The van der Waals surface area contributed by atoms with Crippen molar-refractivity contribution in [3.05, 3.63) is 35.4 Å². The van der Waals surface area contributed by atoms with Gasteiger partial charge < -0.3 is 14.8 Å². The summed E-state index contributed by atoms with van der Waals surface area (Å²) < 4.78 is 11.9. The number of hydrogen-bond donors (Lipinski definition) is 1. The second-order valence-corrected chi connectivity index (χ2v) is 9.77. The quantitative estimate of drug-likeness (QED) is 0.768. The molecule has 1 spiro atoms. The lowest BCUT2D eigenvalue weighted by Crippen LogP contribution is -2.45. The molecule has 0 aromatic heterocycles. The highest BCUT2D eigenvalue weighted by atomic mass is 16.5. The topological polar surface area (TPSA) is 50.8 Å². The molecule has 1 aromatic carbocycles.